The number of fused-ring (bicyclic) bond motifs is 1. The molecule has 2 fully saturated rings. The van der Waals surface area contributed by atoms with E-state index in [2.05, 4.69) is 23.6 Å². The van der Waals surface area contributed by atoms with Gasteiger partial charge in [-0.15, -0.1) is 12.4 Å². The van der Waals surface area contributed by atoms with E-state index < -0.39 is 0 Å². The Morgan fingerprint density at radius 3 is 2.59 bits per heavy atom. The molecule has 32 heavy (non-hydrogen) atoms. The quantitative estimate of drug-likeness (QED) is 0.485. The third-order valence-electron chi connectivity index (χ3n) is 6.88. The molecule has 2 aliphatic heterocycles. The van der Waals surface area contributed by atoms with Crippen molar-refractivity contribution in [1.82, 2.24) is 24.6 Å². The number of benzene rings is 1. The minimum Gasteiger partial charge on any atom is -0.355 e. The molecule has 3 aromatic rings. The molecular weight excluding hydrogens is 467 g/mol. The fraction of sp³-hybridized carbons (Fsp3) is 0.522. The van der Waals surface area contributed by atoms with Gasteiger partial charge in [0.05, 0.1) is 17.9 Å². The first-order chi connectivity index (χ1) is 14.9. The van der Waals surface area contributed by atoms with Crippen LogP contribution in [0, 0.1) is 12.8 Å². The van der Waals surface area contributed by atoms with Crippen molar-refractivity contribution in [2.45, 2.75) is 45.7 Å². The van der Waals surface area contributed by atoms with Gasteiger partial charge in [-0.2, -0.15) is 5.10 Å². The van der Waals surface area contributed by atoms with Crippen molar-refractivity contribution in [1.29, 1.82) is 0 Å². The number of piperidine rings is 1. The summed E-state index contributed by atoms with van der Waals surface area (Å²) in [5, 5.41) is 6.02. The van der Waals surface area contributed by atoms with E-state index in [0.717, 1.165) is 41.3 Å². The molecule has 172 valence electrons. The number of aryl methyl sites for hydroxylation is 1. The minimum absolute atomic E-state index is 0. The Labute approximate surface area is 205 Å². The van der Waals surface area contributed by atoms with Gasteiger partial charge in [0.15, 0.2) is 5.65 Å². The molecule has 5 rings (SSSR count). The number of hydrogen-bond acceptors (Lipinski definition) is 5. The highest BCUT2D eigenvalue weighted by atomic mass is 35.5. The van der Waals surface area contributed by atoms with E-state index in [-0.39, 0.29) is 18.4 Å². The molecule has 1 aromatic carbocycles. The van der Waals surface area contributed by atoms with Crippen LogP contribution in [0.25, 0.3) is 11.2 Å². The van der Waals surface area contributed by atoms with E-state index in [9.17, 15) is 0 Å². The molecule has 0 N–H and O–H groups in total. The van der Waals surface area contributed by atoms with Crippen LogP contribution < -0.4 is 4.90 Å². The molecule has 0 bridgehead atoms. The average Bonchev–Trinajstić information content (AvgIpc) is 3.04. The highest BCUT2D eigenvalue weighted by molar-refractivity contribution is 6.35. The first-order valence-corrected chi connectivity index (χ1v) is 11.8. The molecule has 6 nitrogen and oxygen atoms in total. The third kappa shape index (κ3) is 4.18. The van der Waals surface area contributed by atoms with E-state index in [4.69, 9.17) is 38.3 Å². The second-order valence-electron chi connectivity index (χ2n) is 8.94. The molecule has 0 spiro atoms. The summed E-state index contributed by atoms with van der Waals surface area (Å²) in [6, 6.07) is 6.20. The van der Waals surface area contributed by atoms with Gasteiger partial charge in [0, 0.05) is 29.2 Å². The molecular formula is C23H29Cl3N6. The van der Waals surface area contributed by atoms with E-state index in [0.29, 0.717) is 22.0 Å². The molecule has 0 aliphatic carbocycles. The lowest BCUT2D eigenvalue weighted by atomic mass is 9.90. The van der Waals surface area contributed by atoms with Gasteiger partial charge in [0.2, 0.25) is 0 Å². The van der Waals surface area contributed by atoms with E-state index in [1.54, 1.807) is 6.07 Å². The Bertz CT molecular complexity index is 1110. The third-order valence-corrected chi connectivity index (χ3v) is 7.44. The van der Waals surface area contributed by atoms with Crippen molar-refractivity contribution in [2.75, 3.05) is 31.1 Å². The highest BCUT2D eigenvalue weighted by Crippen LogP contribution is 2.32. The minimum atomic E-state index is -0.0819. The van der Waals surface area contributed by atoms with Crippen molar-refractivity contribution >= 4 is 52.6 Å². The molecule has 1 unspecified atom stereocenters. The summed E-state index contributed by atoms with van der Waals surface area (Å²) in [7, 11) is 0. The van der Waals surface area contributed by atoms with Crippen LogP contribution in [0.5, 0.6) is 0 Å². The Morgan fingerprint density at radius 2 is 1.94 bits per heavy atom. The lowest BCUT2D eigenvalue weighted by Crippen LogP contribution is -2.54. The Balaban J connectivity index is 0.00000245. The smallest absolute Gasteiger partial charge is 0.179 e. The number of anilines is 1. The molecule has 4 heterocycles. The maximum Gasteiger partial charge on any atom is 0.179 e. The highest BCUT2D eigenvalue weighted by Gasteiger charge is 2.33. The zero-order valence-corrected chi connectivity index (χ0v) is 21.0. The topological polar surface area (TPSA) is 50.1 Å². The fourth-order valence-electron chi connectivity index (χ4n) is 4.99. The van der Waals surface area contributed by atoms with Crippen LogP contribution in [0.4, 0.5) is 5.82 Å². The normalized spacial score (nSPS) is 22.5. The summed E-state index contributed by atoms with van der Waals surface area (Å²) in [4.78, 5) is 14.8. The Morgan fingerprint density at radius 1 is 1.16 bits per heavy atom. The Kier molecular flexibility index (Phi) is 6.87. The van der Waals surface area contributed by atoms with Gasteiger partial charge in [-0.1, -0.05) is 36.2 Å². The van der Waals surface area contributed by atoms with Gasteiger partial charge in [0.1, 0.15) is 11.3 Å². The molecule has 2 saturated heterocycles. The van der Waals surface area contributed by atoms with Crippen molar-refractivity contribution in [3.8, 4) is 0 Å². The van der Waals surface area contributed by atoms with Crippen molar-refractivity contribution in [2.24, 2.45) is 5.92 Å². The number of aromatic nitrogens is 4. The maximum absolute atomic E-state index is 6.48. The summed E-state index contributed by atoms with van der Waals surface area (Å²) >= 11 is 12.6. The number of likely N-dealkylation sites (tertiary alicyclic amines) is 1. The molecule has 3 atom stereocenters. The number of hydrogen-bond donors (Lipinski definition) is 0. The fourth-order valence-corrected chi connectivity index (χ4v) is 5.56. The molecule has 2 aliphatic rings. The van der Waals surface area contributed by atoms with Gasteiger partial charge < -0.3 is 4.90 Å². The number of nitrogens with zero attached hydrogens (tertiary/aromatic N) is 6. The molecule has 2 aromatic heterocycles. The molecule has 0 radical (unpaired) electrons. The van der Waals surface area contributed by atoms with E-state index in [1.807, 2.05) is 29.9 Å². The van der Waals surface area contributed by atoms with Crippen molar-refractivity contribution in [3.05, 3.63) is 45.7 Å². The summed E-state index contributed by atoms with van der Waals surface area (Å²) in [6.07, 6.45) is 4.42. The monoisotopic (exact) mass is 494 g/mol. The maximum atomic E-state index is 6.48. The second-order valence-corrected chi connectivity index (χ2v) is 9.78. The summed E-state index contributed by atoms with van der Waals surface area (Å²) in [5.41, 5.74) is 3.47. The first-order valence-electron chi connectivity index (χ1n) is 11.1. The predicted molar refractivity (Wildman–Crippen MR) is 134 cm³/mol. The van der Waals surface area contributed by atoms with Crippen molar-refractivity contribution < 1.29 is 0 Å². The van der Waals surface area contributed by atoms with Gasteiger partial charge in [-0.25, -0.2) is 14.6 Å². The summed E-state index contributed by atoms with van der Waals surface area (Å²) in [6.45, 7) is 10.9. The number of halogens is 3. The van der Waals surface area contributed by atoms with Crippen LogP contribution in [0.15, 0.2) is 24.4 Å². The zero-order valence-electron chi connectivity index (χ0n) is 18.6. The lowest BCUT2D eigenvalue weighted by Gasteiger charge is -2.46. The molecule has 0 amide bonds. The van der Waals surface area contributed by atoms with Gasteiger partial charge in [0.25, 0.3) is 0 Å². The van der Waals surface area contributed by atoms with Crippen LogP contribution in [-0.2, 0) is 0 Å². The van der Waals surface area contributed by atoms with Gasteiger partial charge in [-0.05, 0) is 63.4 Å². The second kappa shape index (κ2) is 9.34. The largest absolute Gasteiger partial charge is 0.355 e. The van der Waals surface area contributed by atoms with Crippen LogP contribution in [0.1, 0.15) is 44.0 Å². The van der Waals surface area contributed by atoms with Crippen LogP contribution in [-0.4, -0.2) is 56.9 Å². The Hall–Kier alpha value is -1.60. The SMILES string of the molecule is Cc1nn(C(C)c2ccc(Cl)cc2Cl)c2nc(N3CC[C@H](N4CCC4)[C@H](C)C3)cnc12.Cl. The van der Waals surface area contributed by atoms with Crippen LogP contribution >= 0.6 is 35.6 Å². The average molecular weight is 496 g/mol. The van der Waals surface area contributed by atoms with Crippen LogP contribution in [0.2, 0.25) is 10.0 Å². The zero-order chi connectivity index (χ0) is 21.7. The van der Waals surface area contributed by atoms with Gasteiger partial charge >= 0.3 is 0 Å². The summed E-state index contributed by atoms with van der Waals surface area (Å²) in [5.74, 6) is 1.54. The first kappa shape index (κ1) is 23.6. The van der Waals surface area contributed by atoms with E-state index in [1.165, 1.54) is 25.9 Å². The van der Waals surface area contributed by atoms with Crippen LogP contribution in [0.3, 0.4) is 0 Å². The van der Waals surface area contributed by atoms with Crippen molar-refractivity contribution in [3.63, 3.8) is 0 Å². The van der Waals surface area contributed by atoms with E-state index >= 15 is 0 Å². The predicted octanol–water partition coefficient (Wildman–Crippen LogP) is 5.39. The molecule has 9 heteroatoms. The number of rotatable bonds is 4. The lowest BCUT2D eigenvalue weighted by molar-refractivity contribution is 0.0696. The standard InChI is InChI=1S/C23H28Cl2N6.ClH/c1-14-13-30(10-7-20(14)29-8-4-9-29)21-12-26-22-15(2)28-31(23(22)27-21)16(3)18-6-5-17(24)11-19(18)25;/h5-6,11-12,14,16,20H,4,7-10,13H2,1-3H3;1H/t14-,16?,20+;/m1./s1. The summed E-state index contributed by atoms with van der Waals surface area (Å²) < 4.78 is 1.94. The van der Waals surface area contributed by atoms with Gasteiger partial charge in [-0.3, -0.25) is 4.90 Å². The molecule has 0 saturated carbocycles.